The zero-order valence-electron chi connectivity index (χ0n) is 15.6. The summed E-state index contributed by atoms with van der Waals surface area (Å²) in [5, 5.41) is 4.60. The third-order valence-electron chi connectivity index (χ3n) is 6.09. The number of nitrogens with one attached hydrogen (secondary N) is 1. The van der Waals surface area contributed by atoms with E-state index in [9.17, 15) is 4.79 Å². The Bertz CT molecular complexity index is 737. The molecule has 2 fully saturated rings. The molecule has 140 valence electrons. The maximum absolute atomic E-state index is 12.2. The molecule has 26 heavy (non-hydrogen) atoms. The van der Waals surface area contributed by atoms with Crippen LogP contribution in [-0.2, 0) is 6.54 Å². The van der Waals surface area contributed by atoms with Crippen molar-refractivity contribution in [1.82, 2.24) is 19.7 Å². The maximum Gasteiger partial charge on any atom is 0.343 e. The molecule has 0 atom stereocenters. The van der Waals surface area contributed by atoms with Crippen molar-refractivity contribution in [2.24, 2.45) is 5.92 Å². The molecule has 2 aromatic rings. The minimum atomic E-state index is -0.0894. The molecular weight excluding hydrogens is 324 g/mol. The van der Waals surface area contributed by atoms with Gasteiger partial charge in [-0.3, -0.25) is 4.98 Å². The number of H-pyrrole nitrogens is 1. The number of likely N-dealkylation sites (tertiary alicyclic amines) is 1. The van der Waals surface area contributed by atoms with Gasteiger partial charge in [0.15, 0.2) is 0 Å². The van der Waals surface area contributed by atoms with Crippen LogP contribution in [0.5, 0.6) is 0 Å². The van der Waals surface area contributed by atoms with Crippen molar-refractivity contribution in [2.75, 3.05) is 19.6 Å². The molecule has 0 amide bonds. The second-order valence-electron chi connectivity index (χ2n) is 8.04. The first kappa shape index (κ1) is 17.5. The summed E-state index contributed by atoms with van der Waals surface area (Å²) in [7, 11) is 0. The van der Waals surface area contributed by atoms with E-state index < -0.39 is 0 Å². The van der Waals surface area contributed by atoms with E-state index in [0.29, 0.717) is 12.5 Å². The molecule has 0 spiro atoms. The van der Waals surface area contributed by atoms with Gasteiger partial charge in [0.25, 0.3) is 0 Å². The summed E-state index contributed by atoms with van der Waals surface area (Å²) in [6, 6.07) is 10.0. The first-order valence-corrected chi connectivity index (χ1v) is 10.2. The van der Waals surface area contributed by atoms with E-state index in [1.54, 1.807) is 4.68 Å². The molecule has 0 bridgehead atoms. The van der Waals surface area contributed by atoms with Crippen LogP contribution in [0.1, 0.15) is 62.3 Å². The van der Waals surface area contributed by atoms with Gasteiger partial charge in [-0.1, -0.05) is 49.6 Å². The molecule has 1 aliphatic heterocycles. The van der Waals surface area contributed by atoms with Crippen LogP contribution in [0, 0.1) is 5.92 Å². The zero-order chi connectivity index (χ0) is 17.8. The smallest absolute Gasteiger partial charge is 0.303 e. The molecule has 4 rings (SSSR count). The van der Waals surface area contributed by atoms with Crippen molar-refractivity contribution in [3.63, 3.8) is 0 Å². The molecule has 2 aliphatic rings. The van der Waals surface area contributed by atoms with Gasteiger partial charge in [0.05, 0.1) is 6.54 Å². The van der Waals surface area contributed by atoms with Crippen LogP contribution < -0.4 is 5.69 Å². The average Bonchev–Trinajstić information content (AvgIpc) is 3.04. The fraction of sp³-hybridized carbons (Fsp3) is 0.619. The van der Waals surface area contributed by atoms with E-state index in [4.69, 9.17) is 0 Å². The van der Waals surface area contributed by atoms with Gasteiger partial charge in [-0.15, -0.1) is 0 Å². The summed E-state index contributed by atoms with van der Waals surface area (Å²) in [6.45, 7) is 4.08. The van der Waals surface area contributed by atoms with Crippen LogP contribution in [0.4, 0.5) is 0 Å². The third kappa shape index (κ3) is 4.26. The summed E-state index contributed by atoms with van der Waals surface area (Å²) >= 11 is 0. The van der Waals surface area contributed by atoms with E-state index in [0.717, 1.165) is 43.2 Å². The summed E-state index contributed by atoms with van der Waals surface area (Å²) in [5.41, 5.74) is 1.02. The highest BCUT2D eigenvalue weighted by atomic mass is 16.1. The Morgan fingerprint density at radius 2 is 1.73 bits per heavy atom. The molecule has 5 nitrogen and oxygen atoms in total. The molecule has 0 radical (unpaired) electrons. The van der Waals surface area contributed by atoms with E-state index in [-0.39, 0.29) is 5.69 Å². The largest absolute Gasteiger partial charge is 0.343 e. The number of aromatic amines is 1. The van der Waals surface area contributed by atoms with Crippen LogP contribution in [0.25, 0.3) is 0 Å². The van der Waals surface area contributed by atoms with Gasteiger partial charge in [0.1, 0.15) is 5.82 Å². The van der Waals surface area contributed by atoms with E-state index in [1.165, 1.54) is 38.6 Å². The van der Waals surface area contributed by atoms with Crippen molar-refractivity contribution in [3.8, 4) is 0 Å². The molecule has 1 saturated carbocycles. The minimum absolute atomic E-state index is 0.0894. The molecule has 2 heterocycles. The number of nitrogens with zero attached hydrogens (tertiary/aromatic N) is 3. The lowest BCUT2D eigenvalue weighted by molar-refractivity contribution is 0.162. The van der Waals surface area contributed by atoms with Gasteiger partial charge in [-0.25, -0.2) is 9.48 Å². The number of aromatic nitrogens is 3. The Hall–Kier alpha value is -1.88. The van der Waals surface area contributed by atoms with Crippen LogP contribution in [0.15, 0.2) is 35.1 Å². The predicted molar refractivity (Wildman–Crippen MR) is 103 cm³/mol. The summed E-state index contributed by atoms with van der Waals surface area (Å²) in [5.74, 6) is 2.18. The fourth-order valence-electron chi connectivity index (χ4n) is 4.55. The van der Waals surface area contributed by atoms with E-state index in [1.807, 2.05) is 30.3 Å². The van der Waals surface area contributed by atoms with Crippen LogP contribution >= 0.6 is 0 Å². The first-order valence-electron chi connectivity index (χ1n) is 10.2. The zero-order valence-corrected chi connectivity index (χ0v) is 15.6. The van der Waals surface area contributed by atoms with Crippen molar-refractivity contribution in [1.29, 1.82) is 0 Å². The molecule has 1 aromatic heterocycles. The summed E-state index contributed by atoms with van der Waals surface area (Å²) in [6.07, 6.45) is 9.30. The molecule has 0 unspecified atom stereocenters. The normalized spacial score (nSPS) is 20.5. The first-order chi connectivity index (χ1) is 12.8. The lowest BCUT2D eigenvalue weighted by Gasteiger charge is -2.34. The Balaban J connectivity index is 1.33. The Morgan fingerprint density at radius 3 is 2.46 bits per heavy atom. The Morgan fingerprint density at radius 1 is 1.00 bits per heavy atom. The molecule has 1 aromatic carbocycles. The van der Waals surface area contributed by atoms with Gasteiger partial charge < -0.3 is 4.90 Å². The van der Waals surface area contributed by atoms with Gasteiger partial charge in [-0.05, 0) is 50.3 Å². The summed E-state index contributed by atoms with van der Waals surface area (Å²) in [4.78, 5) is 17.9. The number of piperidine rings is 1. The second-order valence-corrected chi connectivity index (χ2v) is 8.04. The average molecular weight is 354 g/mol. The highest BCUT2D eigenvalue weighted by molar-refractivity contribution is 5.14. The Kier molecular flexibility index (Phi) is 5.54. The third-order valence-corrected chi connectivity index (χ3v) is 6.09. The van der Waals surface area contributed by atoms with Gasteiger partial charge >= 0.3 is 5.69 Å². The predicted octanol–water partition coefficient (Wildman–Crippen LogP) is 3.38. The lowest BCUT2D eigenvalue weighted by Crippen LogP contribution is -2.37. The van der Waals surface area contributed by atoms with Crippen molar-refractivity contribution >= 4 is 0 Å². The van der Waals surface area contributed by atoms with E-state index in [2.05, 4.69) is 15.0 Å². The van der Waals surface area contributed by atoms with Gasteiger partial charge in [0, 0.05) is 12.5 Å². The highest BCUT2D eigenvalue weighted by Crippen LogP contribution is 2.28. The highest BCUT2D eigenvalue weighted by Gasteiger charge is 2.25. The maximum atomic E-state index is 12.2. The van der Waals surface area contributed by atoms with Crippen molar-refractivity contribution in [3.05, 3.63) is 52.2 Å². The SMILES string of the molecule is O=c1[nH]c(C2CCN(CC3CCCCC3)CC2)nn1Cc1ccccc1. The number of benzene rings is 1. The monoisotopic (exact) mass is 354 g/mol. The second kappa shape index (κ2) is 8.21. The molecule has 1 N–H and O–H groups in total. The van der Waals surface area contributed by atoms with Crippen LogP contribution in [0.2, 0.25) is 0 Å². The number of hydrogen-bond acceptors (Lipinski definition) is 3. The molecule has 1 saturated heterocycles. The van der Waals surface area contributed by atoms with Crippen molar-refractivity contribution < 1.29 is 0 Å². The molecule has 1 aliphatic carbocycles. The number of rotatable bonds is 5. The summed E-state index contributed by atoms with van der Waals surface area (Å²) < 4.78 is 1.57. The Labute approximate surface area is 155 Å². The van der Waals surface area contributed by atoms with Crippen LogP contribution in [0.3, 0.4) is 0 Å². The standard InChI is InChI=1S/C21H30N4O/c26-21-22-20(23-25(21)16-18-9-5-2-6-10-18)19-11-13-24(14-12-19)15-17-7-3-1-4-8-17/h2,5-6,9-10,17,19H,1,3-4,7-8,11-16H2,(H,22,23,26). The molecule has 5 heteroatoms. The lowest BCUT2D eigenvalue weighted by atomic mass is 9.88. The minimum Gasteiger partial charge on any atom is -0.303 e. The molecular formula is C21H30N4O. The fourth-order valence-corrected chi connectivity index (χ4v) is 4.55. The topological polar surface area (TPSA) is 53.9 Å². The van der Waals surface area contributed by atoms with E-state index >= 15 is 0 Å². The van der Waals surface area contributed by atoms with Gasteiger partial charge in [0.2, 0.25) is 0 Å². The number of hydrogen-bond donors (Lipinski definition) is 1. The van der Waals surface area contributed by atoms with Gasteiger partial charge in [-0.2, -0.15) is 5.10 Å². The van der Waals surface area contributed by atoms with Crippen molar-refractivity contribution in [2.45, 2.75) is 57.4 Å². The quantitative estimate of drug-likeness (QED) is 0.895. The van der Waals surface area contributed by atoms with Crippen LogP contribution in [-0.4, -0.2) is 39.3 Å².